The maximum atomic E-state index is 5.93. The van der Waals surface area contributed by atoms with Gasteiger partial charge in [-0.05, 0) is 24.5 Å². The normalized spacial score (nSPS) is 13.3. The summed E-state index contributed by atoms with van der Waals surface area (Å²) in [5.74, 6) is 2.02. The quantitative estimate of drug-likeness (QED) is 0.929. The van der Waals surface area contributed by atoms with E-state index in [9.17, 15) is 0 Å². The Kier molecular flexibility index (Phi) is 3.41. The van der Waals surface area contributed by atoms with Crippen LogP contribution in [-0.4, -0.2) is 30.6 Å². The zero-order valence-corrected chi connectivity index (χ0v) is 11.8. The van der Waals surface area contributed by atoms with Crippen LogP contribution in [0.1, 0.15) is 12.0 Å². The molecule has 20 heavy (non-hydrogen) atoms. The van der Waals surface area contributed by atoms with Crippen LogP contribution in [0.3, 0.4) is 0 Å². The molecule has 0 saturated carbocycles. The largest absolute Gasteiger partial charge is 0.437 e. The zero-order chi connectivity index (χ0) is 13.9. The number of ether oxygens (including phenoxy) is 1. The van der Waals surface area contributed by atoms with Crippen molar-refractivity contribution in [2.24, 2.45) is 0 Å². The Bertz CT molecular complexity index is 613. The molecule has 1 aliphatic rings. The van der Waals surface area contributed by atoms with Crippen LogP contribution in [0.15, 0.2) is 30.5 Å². The number of aromatic nitrogens is 2. The number of nitrogens with one attached hydrogen (secondary N) is 1. The van der Waals surface area contributed by atoms with E-state index in [1.54, 1.807) is 12.3 Å². The molecule has 0 atom stereocenters. The van der Waals surface area contributed by atoms with E-state index in [0.29, 0.717) is 11.8 Å². The Hall–Kier alpha value is -2.30. The summed E-state index contributed by atoms with van der Waals surface area (Å²) in [5.41, 5.74) is 2.39. The van der Waals surface area contributed by atoms with Gasteiger partial charge in [0.05, 0.1) is 5.69 Å². The van der Waals surface area contributed by atoms with Gasteiger partial charge in [-0.3, -0.25) is 0 Å². The minimum absolute atomic E-state index is 0.560. The first-order chi connectivity index (χ1) is 9.74. The highest BCUT2D eigenvalue weighted by Crippen LogP contribution is 2.34. The molecule has 1 N–H and O–H groups in total. The minimum atomic E-state index is 0.560. The molecular formula is C15H18N4O. The van der Waals surface area contributed by atoms with Crippen molar-refractivity contribution >= 4 is 11.6 Å². The molecule has 5 nitrogen and oxygen atoms in total. The third-order valence-corrected chi connectivity index (χ3v) is 3.27. The summed E-state index contributed by atoms with van der Waals surface area (Å²) < 4.78 is 5.93. The van der Waals surface area contributed by atoms with E-state index in [4.69, 9.17) is 4.74 Å². The molecule has 0 fully saturated rings. The Balaban J connectivity index is 1.90. The molecule has 0 amide bonds. The third kappa shape index (κ3) is 2.52. The molecule has 2 aromatic rings. The van der Waals surface area contributed by atoms with Crippen molar-refractivity contribution < 1.29 is 4.74 Å². The summed E-state index contributed by atoms with van der Waals surface area (Å²) in [4.78, 5) is 10.4. The number of hydrogen-bond donors (Lipinski definition) is 1. The summed E-state index contributed by atoms with van der Waals surface area (Å²) in [6.45, 7) is 0.986. The average molecular weight is 270 g/mol. The second-order valence-electron chi connectivity index (χ2n) is 5.01. The smallest absolute Gasteiger partial charge is 0.228 e. The van der Waals surface area contributed by atoms with Crippen molar-refractivity contribution in [3.05, 3.63) is 36.0 Å². The van der Waals surface area contributed by atoms with E-state index in [1.807, 2.05) is 31.1 Å². The molecule has 2 heterocycles. The predicted octanol–water partition coefficient (Wildman–Crippen LogP) is 2.69. The van der Waals surface area contributed by atoms with Crippen molar-refractivity contribution in [1.29, 1.82) is 0 Å². The molecule has 0 saturated heterocycles. The van der Waals surface area contributed by atoms with Crippen LogP contribution < -0.4 is 15.0 Å². The van der Waals surface area contributed by atoms with E-state index in [1.165, 1.54) is 5.56 Å². The van der Waals surface area contributed by atoms with Gasteiger partial charge in [-0.25, -0.2) is 4.98 Å². The van der Waals surface area contributed by atoms with Crippen LogP contribution in [0.2, 0.25) is 0 Å². The van der Waals surface area contributed by atoms with Gasteiger partial charge in [0.25, 0.3) is 0 Å². The summed E-state index contributed by atoms with van der Waals surface area (Å²) in [7, 11) is 3.82. The summed E-state index contributed by atoms with van der Waals surface area (Å²) in [5, 5.41) is 3.41. The van der Waals surface area contributed by atoms with Gasteiger partial charge in [0, 0.05) is 32.9 Å². The van der Waals surface area contributed by atoms with Gasteiger partial charge >= 0.3 is 0 Å². The first-order valence-corrected chi connectivity index (χ1v) is 6.78. The lowest BCUT2D eigenvalue weighted by Crippen LogP contribution is -2.13. The second kappa shape index (κ2) is 5.36. The highest BCUT2D eigenvalue weighted by atomic mass is 16.5. The Morgan fingerprint density at radius 1 is 1.25 bits per heavy atom. The Morgan fingerprint density at radius 3 is 3.00 bits per heavy atom. The van der Waals surface area contributed by atoms with Gasteiger partial charge in [-0.1, -0.05) is 12.1 Å². The number of hydrogen-bond acceptors (Lipinski definition) is 5. The first kappa shape index (κ1) is 12.7. The molecule has 5 heteroatoms. The molecule has 3 rings (SSSR count). The van der Waals surface area contributed by atoms with Crippen LogP contribution >= 0.6 is 0 Å². The monoisotopic (exact) mass is 270 g/mol. The van der Waals surface area contributed by atoms with Crippen LogP contribution in [0, 0.1) is 0 Å². The molecular weight excluding hydrogens is 252 g/mol. The molecule has 0 unspecified atom stereocenters. The number of nitrogens with zero attached hydrogens (tertiary/aromatic N) is 3. The molecule has 104 valence electrons. The number of anilines is 2. The van der Waals surface area contributed by atoms with Gasteiger partial charge in [0.1, 0.15) is 0 Å². The lowest BCUT2D eigenvalue weighted by Gasteiger charge is -2.21. The van der Waals surface area contributed by atoms with E-state index in [-0.39, 0.29) is 0 Å². The van der Waals surface area contributed by atoms with Crippen molar-refractivity contribution in [1.82, 2.24) is 9.97 Å². The van der Waals surface area contributed by atoms with Gasteiger partial charge in [0.15, 0.2) is 5.75 Å². The maximum absolute atomic E-state index is 5.93. The van der Waals surface area contributed by atoms with E-state index >= 15 is 0 Å². The van der Waals surface area contributed by atoms with E-state index in [2.05, 4.69) is 21.4 Å². The topological polar surface area (TPSA) is 50.3 Å². The second-order valence-corrected chi connectivity index (χ2v) is 5.01. The van der Waals surface area contributed by atoms with Gasteiger partial charge in [-0.15, -0.1) is 0 Å². The van der Waals surface area contributed by atoms with Crippen LogP contribution in [0.5, 0.6) is 11.6 Å². The molecule has 0 spiro atoms. The van der Waals surface area contributed by atoms with Gasteiger partial charge in [0.2, 0.25) is 11.8 Å². The Morgan fingerprint density at radius 2 is 2.15 bits per heavy atom. The lowest BCUT2D eigenvalue weighted by molar-refractivity contribution is 0.462. The standard InChI is InChI=1S/C15H18N4O/c1-19(2)15-17-10-8-13(18-15)20-12-7-3-5-11-6-4-9-16-14(11)12/h3,5,7-8,10,16H,4,6,9H2,1-2H3. The molecule has 1 aliphatic heterocycles. The minimum Gasteiger partial charge on any atom is -0.437 e. The highest BCUT2D eigenvalue weighted by molar-refractivity contribution is 5.64. The molecule has 0 bridgehead atoms. The van der Waals surface area contributed by atoms with Gasteiger partial charge < -0.3 is 15.0 Å². The van der Waals surface area contributed by atoms with Crippen molar-refractivity contribution in [2.45, 2.75) is 12.8 Å². The molecule has 0 aliphatic carbocycles. The van der Waals surface area contributed by atoms with Crippen molar-refractivity contribution in [3.63, 3.8) is 0 Å². The number of fused-ring (bicyclic) bond motifs is 1. The van der Waals surface area contributed by atoms with Crippen LogP contribution in [0.4, 0.5) is 11.6 Å². The summed E-state index contributed by atoms with van der Waals surface area (Å²) >= 11 is 0. The Labute approximate surface area is 118 Å². The van der Waals surface area contributed by atoms with Crippen molar-refractivity contribution in [2.75, 3.05) is 30.9 Å². The van der Waals surface area contributed by atoms with E-state index < -0.39 is 0 Å². The first-order valence-electron chi connectivity index (χ1n) is 6.78. The van der Waals surface area contributed by atoms with Crippen LogP contribution in [0.25, 0.3) is 0 Å². The third-order valence-electron chi connectivity index (χ3n) is 3.27. The molecule has 1 aromatic heterocycles. The number of rotatable bonds is 3. The zero-order valence-electron chi connectivity index (χ0n) is 11.8. The number of aryl methyl sites for hydroxylation is 1. The predicted molar refractivity (Wildman–Crippen MR) is 79.7 cm³/mol. The summed E-state index contributed by atoms with van der Waals surface area (Å²) in [6, 6.07) is 7.90. The van der Waals surface area contributed by atoms with E-state index in [0.717, 1.165) is 30.8 Å². The maximum Gasteiger partial charge on any atom is 0.228 e. The number of para-hydroxylation sites is 1. The average Bonchev–Trinajstić information content (AvgIpc) is 2.48. The fourth-order valence-corrected chi connectivity index (χ4v) is 2.28. The summed E-state index contributed by atoms with van der Waals surface area (Å²) in [6.07, 6.45) is 3.96. The highest BCUT2D eigenvalue weighted by Gasteiger charge is 2.14. The lowest BCUT2D eigenvalue weighted by atomic mass is 10.0. The number of benzene rings is 1. The SMILES string of the molecule is CN(C)c1nccc(Oc2cccc3c2NCCC3)n1. The van der Waals surface area contributed by atoms with Crippen LogP contribution in [-0.2, 0) is 6.42 Å². The fourth-order valence-electron chi connectivity index (χ4n) is 2.28. The fraction of sp³-hybridized carbons (Fsp3) is 0.333. The van der Waals surface area contributed by atoms with Crippen molar-refractivity contribution in [3.8, 4) is 11.6 Å². The molecule has 0 radical (unpaired) electrons. The van der Waals surface area contributed by atoms with Gasteiger partial charge in [-0.2, -0.15) is 4.98 Å². The molecule has 1 aromatic carbocycles.